The minimum absolute atomic E-state index is 0.0772. The molecule has 0 rings (SSSR count). The molecule has 1 atom stereocenters. The van der Waals surface area contributed by atoms with Gasteiger partial charge in [-0.2, -0.15) is 0 Å². The van der Waals surface area contributed by atoms with Gasteiger partial charge < -0.3 is 5.11 Å². The van der Waals surface area contributed by atoms with Crippen LogP contribution in [0, 0.1) is 5.92 Å². The highest BCUT2D eigenvalue weighted by Crippen LogP contribution is 2.11. The van der Waals surface area contributed by atoms with Gasteiger partial charge in [0.05, 0.1) is 6.10 Å². The van der Waals surface area contributed by atoms with Crippen LogP contribution in [-0.2, 0) is 0 Å². The van der Waals surface area contributed by atoms with E-state index in [1.165, 1.54) is 32.1 Å². The van der Waals surface area contributed by atoms with Gasteiger partial charge in [0.1, 0.15) is 0 Å². The molecule has 0 aliphatic heterocycles. The molecule has 0 amide bonds. The summed E-state index contributed by atoms with van der Waals surface area (Å²) in [5.74, 6) is 0.427. The predicted molar refractivity (Wildman–Crippen MR) is 54.2 cm³/mol. The number of aliphatic hydroxyl groups excluding tert-OH is 1. The van der Waals surface area contributed by atoms with E-state index < -0.39 is 0 Å². The second-order valence-electron chi connectivity index (χ2n) is 4.01. The lowest BCUT2D eigenvalue weighted by atomic mass is 10.0. The molecule has 1 nitrogen and oxygen atoms in total. The molecule has 0 heterocycles. The minimum atomic E-state index is -0.0772. The van der Waals surface area contributed by atoms with Gasteiger partial charge >= 0.3 is 0 Å². The van der Waals surface area contributed by atoms with Crippen molar-refractivity contribution in [3.8, 4) is 0 Å². The van der Waals surface area contributed by atoms with Crippen molar-refractivity contribution in [3.05, 3.63) is 0 Å². The molecule has 0 fully saturated rings. The number of hydrogen-bond donors (Lipinski definition) is 1. The monoisotopic (exact) mass is 172 g/mol. The first-order valence-electron chi connectivity index (χ1n) is 5.36. The standard InChI is InChI=1S/C11H24O/c1-4-5-6-7-8-9-11(12)10(2)3/h10-12H,4-9H2,1-3H3/t11-/m0/s1. The fourth-order valence-electron chi connectivity index (χ4n) is 1.29. The molecular formula is C11H24O. The summed E-state index contributed by atoms with van der Waals surface area (Å²) in [6, 6.07) is 0. The second kappa shape index (κ2) is 7.60. The van der Waals surface area contributed by atoms with E-state index in [2.05, 4.69) is 20.8 Å². The van der Waals surface area contributed by atoms with Crippen LogP contribution in [0.4, 0.5) is 0 Å². The lowest BCUT2D eigenvalue weighted by Crippen LogP contribution is -2.13. The average molecular weight is 172 g/mol. The average Bonchev–Trinajstić information content (AvgIpc) is 2.03. The van der Waals surface area contributed by atoms with Crippen LogP contribution in [0.2, 0.25) is 0 Å². The molecule has 0 aliphatic carbocycles. The zero-order valence-corrected chi connectivity index (χ0v) is 8.84. The smallest absolute Gasteiger partial charge is 0.0563 e. The fraction of sp³-hybridized carbons (Fsp3) is 1.00. The highest BCUT2D eigenvalue weighted by atomic mass is 16.3. The Hall–Kier alpha value is -0.0400. The third-order valence-corrected chi connectivity index (χ3v) is 2.37. The van der Waals surface area contributed by atoms with Crippen molar-refractivity contribution in [2.24, 2.45) is 5.92 Å². The molecule has 0 aromatic carbocycles. The summed E-state index contributed by atoms with van der Waals surface area (Å²) >= 11 is 0. The zero-order chi connectivity index (χ0) is 9.40. The van der Waals surface area contributed by atoms with E-state index in [0.29, 0.717) is 5.92 Å². The number of rotatable bonds is 7. The summed E-state index contributed by atoms with van der Waals surface area (Å²) in [7, 11) is 0. The highest BCUT2D eigenvalue weighted by molar-refractivity contribution is 4.59. The molecule has 0 saturated carbocycles. The molecule has 0 spiro atoms. The Morgan fingerprint density at radius 1 is 1.00 bits per heavy atom. The molecular weight excluding hydrogens is 148 g/mol. The Balaban J connectivity index is 3.08. The van der Waals surface area contributed by atoms with Crippen LogP contribution >= 0.6 is 0 Å². The van der Waals surface area contributed by atoms with E-state index in [1.54, 1.807) is 0 Å². The summed E-state index contributed by atoms with van der Waals surface area (Å²) in [6.07, 6.45) is 7.37. The highest BCUT2D eigenvalue weighted by Gasteiger charge is 2.07. The first-order valence-corrected chi connectivity index (χ1v) is 5.36. The second-order valence-corrected chi connectivity index (χ2v) is 4.01. The Morgan fingerprint density at radius 2 is 1.58 bits per heavy atom. The van der Waals surface area contributed by atoms with Gasteiger partial charge in [-0.1, -0.05) is 52.9 Å². The van der Waals surface area contributed by atoms with Crippen molar-refractivity contribution in [2.45, 2.75) is 65.4 Å². The number of hydrogen-bond acceptors (Lipinski definition) is 1. The number of unbranched alkanes of at least 4 members (excludes halogenated alkanes) is 4. The van der Waals surface area contributed by atoms with Crippen molar-refractivity contribution >= 4 is 0 Å². The van der Waals surface area contributed by atoms with Crippen LogP contribution in [0.25, 0.3) is 0 Å². The van der Waals surface area contributed by atoms with Gasteiger partial charge in [-0.25, -0.2) is 0 Å². The lowest BCUT2D eigenvalue weighted by Gasteiger charge is -2.13. The first-order chi connectivity index (χ1) is 5.68. The van der Waals surface area contributed by atoms with E-state index in [9.17, 15) is 5.11 Å². The van der Waals surface area contributed by atoms with Crippen LogP contribution in [0.1, 0.15) is 59.3 Å². The van der Waals surface area contributed by atoms with Gasteiger partial charge in [-0.3, -0.25) is 0 Å². The summed E-state index contributed by atoms with van der Waals surface area (Å²) in [4.78, 5) is 0. The van der Waals surface area contributed by atoms with Gasteiger partial charge in [0.2, 0.25) is 0 Å². The molecule has 0 unspecified atom stereocenters. The van der Waals surface area contributed by atoms with E-state index in [-0.39, 0.29) is 6.10 Å². The topological polar surface area (TPSA) is 20.2 Å². The van der Waals surface area contributed by atoms with Crippen LogP contribution in [-0.4, -0.2) is 11.2 Å². The third-order valence-electron chi connectivity index (χ3n) is 2.37. The molecule has 1 N–H and O–H groups in total. The summed E-state index contributed by atoms with van der Waals surface area (Å²) < 4.78 is 0. The molecule has 0 radical (unpaired) electrons. The predicted octanol–water partition coefficient (Wildman–Crippen LogP) is 3.36. The van der Waals surface area contributed by atoms with Crippen LogP contribution in [0.15, 0.2) is 0 Å². The van der Waals surface area contributed by atoms with Crippen molar-refractivity contribution in [3.63, 3.8) is 0 Å². The van der Waals surface area contributed by atoms with E-state index in [1.807, 2.05) is 0 Å². The van der Waals surface area contributed by atoms with Gasteiger partial charge in [0.25, 0.3) is 0 Å². The van der Waals surface area contributed by atoms with Crippen molar-refractivity contribution in [2.75, 3.05) is 0 Å². The van der Waals surface area contributed by atoms with Gasteiger partial charge in [-0.05, 0) is 12.3 Å². The Labute approximate surface area is 77.2 Å². The van der Waals surface area contributed by atoms with Crippen LogP contribution < -0.4 is 0 Å². The van der Waals surface area contributed by atoms with Crippen molar-refractivity contribution in [1.29, 1.82) is 0 Å². The summed E-state index contributed by atoms with van der Waals surface area (Å²) in [5.41, 5.74) is 0. The molecule has 12 heavy (non-hydrogen) atoms. The molecule has 0 aliphatic rings. The van der Waals surface area contributed by atoms with Crippen molar-refractivity contribution in [1.82, 2.24) is 0 Å². The van der Waals surface area contributed by atoms with E-state index >= 15 is 0 Å². The van der Waals surface area contributed by atoms with Crippen molar-refractivity contribution < 1.29 is 5.11 Å². The maximum atomic E-state index is 9.48. The Bertz CT molecular complexity index is 89.0. The minimum Gasteiger partial charge on any atom is -0.393 e. The van der Waals surface area contributed by atoms with E-state index in [4.69, 9.17) is 0 Å². The van der Waals surface area contributed by atoms with Gasteiger partial charge in [-0.15, -0.1) is 0 Å². The zero-order valence-electron chi connectivity index (χ0n) is 8.84. The first kappa shape index (κ1) is 12.0. The fourth-order valence-corrected chi connectivity index (χ4v) is 1.29. The maximum absolute atomic E-state index is 9.48. The Morgan fingerprint density at radius 3 is 2.08 bits per heavy atom. The molecule has 0 aromatic rings. The summed E-state index contributed by atoms with van der Waals surface area (Å²) in [6.45, 7) is 6.39. The molecule has 0 bridgehead atoms. The van der Waals surface area contributed by atoms with Gasteiger partial charge in [0.15, 0.2) is 0 Å². The maximum Gasteiger partial charge on any atom is 0.0563 e. The van der Waals surface area contributed by atoms with Crippen LogP contribution in [0.3, 0.4) is 0 Å². The molecule has 0 saturated heterocycles. The Kier molecular flexibility index (Phi) is 7.58. The largest absolute Gasteiger partial charge is 0.393 e. The summed E-state index contributed by atoms with van der Waals surface area (Å²) in [5, 5.41) is 9.48. The van der Waals surface area contributed by atoms with Gasteiger partial charge in [0, 0.05) is 0 Å². The quantitative estimate of drug-likeness (QED) is 0.584. The van der Waals surface area contributed by atoms with Crippen LogP contribution in [0.5, 0.6) is 0 Å². The SMILES string of the molecule is CCCCCCC[C@H](O)C(C)C. The third kappa shape index (κ3) is 6.66. The molecule has 0 aromatic heterocycles. The van der Waals surface area contributed by atoms with E-state index in [0.717, 1.165) is 6.42 Å². The number of aliphatic hydroxyl groups is 1. The molecule has 74 valence electrons. The molecule has 1 heteroatoms. The lowest BCUT2D eigenvalue weighted by molar-refractivity contribution is 0.113. The normalized spacial score (nSPS) is 13.8.